The number of carboxylic acid groups (broad SMARTS) is 1. The number of aliphatic carboxylic acids is 1. The van der Waals surface area contributed by atoms with Crippen LogP contribution in [0, 0.1) is 10.1 Å². The molecule has 1 heterocycles. The first-order valence-corrected chi connectivity index (χ1v) is 5.83. The van der Waals surface area contributed by atoms with Gasteiger partial charge >= 0.3 is 5.97 Å². The number of unbranched alkanes of at least 4 members (excludes halogenated alkanes) is 1. The highest BCUT2D eigenvalue weighted by atomic mass is 16.6. The Balaban J connectivity index is 2.28. The van der Waals surface area contributed by atoms with Crippen LogP contribution < -0.4 is 11.1 Å². The topological polar surface area (TPSA) is 131 Å². The molecule has 1 aromatic rings. The molecule has 0 aromatic carbocycles. The van der Waals surface area contributed by atoms with Crippen molar-refractivity contribution >= 4 is 17.5 Å². The fraction of sp³-hybridized carbons (Fsp3) is 0.455. The number of carboxylic acids is 1. The largest absolute Gasteiger partial charge is 0.480 e. The highest BCUT2D eigenvalue weighted by Crippen LogP contribution is 2.14. The van der Waals surface area contributed by atoms with Gasteiger partial charge in [0, 0.05) is 18.8 Å². The van der Waals surface area contributed by atoms with Gasteiger partial charge in [0.1, 0.15) is 11.9 Å². The van der Waals surface area contributed by atoms with Crippen molar-refractivity contribution in [3.63, 3.8) is 0 Å². The monoisotopic (exact) mass is 268 g/mol. The molecule has 8 nitrogen and oxygen atoms in total. The molecule has 0 aliphatic rings. The second kappa shape index (κ2) is 7.27. The molecule has 0 unspecified atom stereocenters. The molecule has 0 amide bonds. The Morgan fingerprint density at radius 2 is 2.32 bits per heavy atom. The number of hydrogen-bond acceptors (Lipinski definition) is 6. The normalized spacial score (nSPS) is 11.8. The van der Waals surface area contributed by atoms with E-state index in [4.69, 9.17) is 10.8 Å². The van der Waals surface area contributed by atoms with E-state index in [2.05, 4.69) is 10.3 Å². The van der Waals surface area contributed by atoms with Gasteiger partial charge in [-0.2, -0.15) is 0 Å². The Bertz CT molecular complexity index is 452. The van der Waals surface area contributed by atoms with Crippen molar-refractivity contribution in [2.24, 2.45) is 5.73 Å². The van der Waals surface area contributed by atoms with E-state index in [1.807, 2.05) is 0 Å². The van der Waals surface area contributed by atoms with Gasteiger partial charge in [0.15, 0.2) is 0 Å². The van der Waals surface area contributed by atoms with Gasteiger partial charge in [-0.15, -0.1) is 0 Å². The lowest BCUT2D eigenvalue weighted by atomic mass is 10.1. The van der Waals surface area contributed by atoms with Crippen molar-refractivity contribution in [1.29, 1.82) is 0 Å². The minimum Gasteiger partial charge on any atom is -0.480 e. The van der Waals surface area contributed by atoms with Crippen molar-refractivity contribution < 1.29 is 14.8 Å². The lowest BCUT2D eigenvalue weighted by molar-refractivity contribution is -0.384. The number of anilines is 1. The molecule has 4 N–H and O–H groups in total. The van der Waals surface area contributed by atoms with E-state index >= 15 is 0 Å². The van der Waals surface area contributed by atoms with Crippen LogP contribution in [0.2, 0.25) is 0 Å². The van der Waals surface area contributed by atoms with Gasteiger partial charge in [0.05, 0.1) is 11.0 Å². The molecule has 1 aromatic heterocycles. The molecule has 1 atom stereocenters. The van der Waals surface area contributed by atoms with E-state index in [0.29, 0.717) is 31.6 Å². The third kappa shape index (κ3) is 5.30. The Kier molecular flexibility index (Phi) is 5.68. The van der Waals surface area contributed by atoms with Crippen molar-refractivity contribution in [2.45, 2.75) is 25.3 Å². The van der Waals surface area contributed by atoms with Crippen LogP contribution in [0.25, 0.3) is 0 Å². The molecule has 0 radical (unpaired) electrons. The molecule has 0 fully saturated rings. The van der Waals surface area contributed by atoms with E-state index in [-0.39, 0.29) is 5.69 Å². The minimum atomic E-state index is -1.01. The molecule has 0 aliphatic carbocycles. The second-order valence-electron chi connectivity index (χ2n) is 4.02. The van der Waals surface area contributed by atoms with Crippen molar-refractivity contribution in [3.8, 4) is 0 Å². The van der Waals surface area contributed by atoms with E-state index in [1.54, 1.807) is 0 Å². The Morgan fingerprint density at radius 3 is 2.95 bits per heavy atom. The number of rotatable bonds is 8. The predicted molar refractivity (Wildman–Crippen MR) is 68.8 cm³/mol. The maximum Gasteiger partial charge on any atom is 0.320 e. The number of nitrogens with zero attached hydrogens (tertiary/aromatic N) is 2. The quantitative estimate of drug-likeness (QED) is 0.364. The number of pyridine rings is 1. The van der Waals surface area contributed by atoms with Crippen LogP contribution in [0.4, 0.5) is 11.5 Å². The molecule has 0 aliphatic heterocycles. The zero-order valence-electron chi connectivity index (χ0n) is 10.3. The smallest absolute Gasteiger partial charge is 0.320 e. The molecule has 19 heavy (non-hydrogen) atoms. The van der Waals surface area contributed by atoms with Crippen LogP contribution in [0.5, 0.6) is 0 Å². The average Bonchev–Trinajstić information content (AvgIpc) is 2.38. The fourth-order valence-corrected chi connectivity index (χ4v) is 1.46. The summed E-state index contributed by atoms with van der Waals surface area (Å²) in [5.41, 5.74) is 5.33. The third-order valence-corrected chi connectivity index (χ3v) is 2.52. The summed E-state index contributed by atoms with van der Waals surface area (Å²) in [6.45, 7) is 0.556. The lowest BCUT2D eigenvalue weighted by Gasteiger charge is -2.07. The Labute approximate surface area is 109 Å². The van der Waals surface area contributed by atoms with Gasteiger partial charge in [-0.1, -0.05) is 0 Å². The van der Waals surface area contributed by atoms with Gasteiger partial charge in [-0.05, 0) is 19.3 Å². The molecule has 104 valence electrons. The summed E-state index contributed by atoms with van der Waals surface area (Å²) in [4.78, 5) is 24.5. The molecule has 8 heteroatoms. The van der Waals surface area contributed by atoms with Gasteiger partial charge in [0.2, 0.25) is 0 Å². The number of nitrogens with two attached hydrogens (primary N) is 1. The fourth-order valence-electron chi connectivity index (χ4n) is 1.46. The first-order valence-electron chi connectivity index (χ1n) is 5.83. The van der Waals surface area contributed by atoms with E-state index < -0.39 is 16.9 Å². The lowest BCUT2D eigenvalue weighted by Crippen LogP contribution is -2.29. The van der Waals surface area contributed by atoms with Gasteiger partial charge in [0.25, 0.3) is 5.69 Å². The summed E-state index contributed by atoms with van der Waals surface area (Å²) in [5, 5.41) is 22.1. The van der Waals surface area contributed by atoms with Crippen LogP contribution in [0.15, 0.2) is 18.3 Å². The highest BCUT2D eigenvalue weighted by molar-refractivity contribution is 5.72. The summed E-state index contributed by atoms with van der Waals surface area (Å²) < 4.78 is 0. The van der Waals surface area contributed by atoms with Crippen LogP contribution in [-0.2, 0) is 4.79 Å². The third-order valence-electron chi connectivity index (χ3n) is 2.52. The van der Waals surface area contributed by atoms with Crippen molar-refractivity contribution in [3.05, 3.63) is 28.4 Å². The zero-order valence-corrected chi connectivity index (χ0v) is 10.3. The Hall–Kier alpha value is -2.22. The maximum atomic E-state index is 10.5. The molecule has 0 saturated heterocycles. The summed E-state index contributed by atoms with van der Waals surface area (Å²) >= 11 is 0. The number of hydrogen-bond donors (Lipinski definition) is 3. The first kappa shape index (κ1) is 14.8. The number of aromatic nitrogens is 1. The van der Waals surface area contributed by atoms with E-state index in [0.717, 1.165) is 0 Å². The van der Waals surface area contributed by atoms with E-state index in [1.165, 1.54) is 18.3 Å². The van der Waals surface area contributed by atoms with Crippen LogP contribution in [0.3, 0.4) is 0 Å². The number of nitro groups is 1. The second-order valence-corrected chi connectivity index (χ2v) is 4.02. The number of nitrogens with one attached hydrogen (secondary N) is 1. The summed E-state index contributed by atoms with van der Waals surface area (Å²) in [6, 6.07) is 1.83. The molecule has 0 saturated carbocycles. The molecular formula is C11H16N4O4. The van der Waals surface area contributed by atoms with Gasteiger partial charge < -0.3 is 16.2 Å². The molecule has 0 spiro atoms. The van der Waals surface area contributed by atoms with Crippen molar-refractivity contribution in [2.75, 3.05) is 11.9 Å². The SMILES string of the molecule is N[C@@H](CCCCNc1cc([N+](=O)[O-])ccn1)C(=O)O. The maximum absolute atomic E-state index is 10.5. The van der Waals surface area contributed by atoms with Crippen LogP contribution in [-0.4, -0.2) is 33.6 Å². The van der Waals surface area contributed by atoms with Crippen LogP contribution in [0.1, 0.15) is 19.3 Å². The minimum absolute atomic E-state index is 0.0228. The predicted octanol–water partition coefficient (Wildman–Crippen LogP) is 0.984. The first-order chi connectivity index (χ1) is 9.00. The van der Waals surface area contributed by atoms with Crippen molar-refractivity contribution in [1.82, 2.24) is 4.98 Å². The molecule has 0 bridgehead atoms. The van der Waals surface area contributed by atoms with Gasteiger partial charge in [-0.3, -0.25) is 14.9 Å². The summed E-state index contributed by atoms with van der Waals surface area (Å²) in [6.07, 6.45) is 3.14. The standard InChI is InChI=1S/C11H16N4O4/c12-9(11(16)17)3-1-2-5-13-10-7-8(15(18)19)4-6-14-10/h4,6-7,9H,1-3,5,12H2,(H,13,14)(H,16,17)/t9-/m0/s1. The van der Waals surface area contributed by atoms with Crippen LogP contribution >= 0.6 is 0 Å². The highest BCUT2D eigenvalue weighted by Gasteiger charge is 2.10. The summed E-state index contributed by atoms with van der Waals surface area (Å²) in [5.74, 6) is -0.579. The van der Waals surface area contributed by atoms with Gasteiger partial charge in [-0.25, -0.2) is 4.98 Å². The number of carbonyl (C=O) groups is 1. The zero-order chi connectivity index (χ0) is 14.3. The molecule has 1 rings (SSSR count). The Morgan fingerprint density at radius 1 is 1.58 bits per heavy atom. The van der Waals surface area contributed by atoms with E-state index in [9.17, 15) is 14.9 Å². The average molecular weight is 268 g/mol. The summed E-state index contributed by atoms with van der Waals surface area (Å²) in [7, 11) is 0. The molecular weight excluding hydrogens is 252 g/mol.